The van der Waals surface area contributed by atoms with Crippen molar-refractivity contribution >= 4 is 5.97 Å². The zero-order chi connectivity index (χ0) is 15.8. The van der Waals surface area contributed by atoms with Crippen molar-refractivity contribution in [1.82, 2.24) is 0 Å². The van der Waals surface area contributed by atoms with E-state index in [2.05, 4.69) is 0 Å². The standard InChI is InChI=1S/C17H22O4/c1-5-12(3)10-20-15-8-7-14(17(18)19)9-16(15)21-11-13(4)6-2/h5-9H,10-11H2,1-4H3,(H,18,19)/b12-5+,13-6+. The molecule has 1 aromatic rings. The fraction of sp³-hybridized carbons (Fsp3) is 0.353. The predicted octanol–water partition coefficient (Wildman–Crippen LogP) is 4.07. The maximum absolute atomic E-state index is 11.1. The molecule has 4 nitrogen and oxygen atoms in total. The molecule has 0 aromatic heterocycles. The summed E-state index contributed by atoms with van der Waals surface area (Å²) in [5.41, 5.74) is 2.33. The van der Waals surface area contributed by atoms with E-state index in [0.29, 0.717) is 24.7 Å². The molecule has 0 saturated carbocycles. The summed E-state index contributed by atoms with van der Waals surface area (Å²) >= 11 is 0. The lowest BCUT2D eigenvalue weighted by molar-refractivity contribution is 0.0696. The van der Waals surface area contributed by atoms with Crippen LogP contribution < -0.4 is 9.47 Å². The summed E-state index contributed by atoms with van der Waals surface area (Å²) in [5, 5.41) is 9.06. The lowest BCUT2D eigenvalue weighted by Crippen LogP contribution is -2.05. The van der Waals surface area contributed by atoms with Crippen LogP contribution in [0.25, 0.3) is 0 Å². The number of allylic oxidation sites excluding steroid dienone is 2. The van der Waals surface area contributed by atoms with Crippen molar-refractivity contribution in [3.05, 3.63) is 47.1 Å². The molecule has 0 heterocycles. The van der Waals surface area contributed by atoms with Gasteiger partial charge >= 0.3 is 5.97 Å². The first kappa shape index (κ1) is 16.8. The Kier molecular flexibility index (Phi) is 6.53. The highest BCUT2D eigenvalue weighted by Gasteiger charge is 2.11. The average molecular weight is 290 g/mol. The quantitative estimate of drug-likeness (QED) is 0.769. The molecule has 21 heavy (non-hydrogen) atoms. The van der Waals surface area contributed by atoms with Crippen LogP contribution in [0.5, 0.6) is 11.5 Å². The van der Waals surface area contributed by atoms with Crippen molar-refractivity contribution in [2.75, 3.05) is 13.2 Å². The molecule has 1 N–H and O–H groups in total. The molecule has 0 aliphatic carbocycles. The maximum atomic E-state index is 11.1. The molecule has 0 aliphatic rings. The summed E-state index contributed by atoms with van der Waals surface area (Å²) in [6.45, 7) is 8.64. The van der Waals surface area contributed by atoms with E-state index >= 15 is 0 Å². The van der Waals surface area contributed by atoms with Crippen LogP contribution in [0.2, 0.25) is 0 Å². The molecule has 0 atom stereocenters. The lowest BCUT2D eigenvalue weighted by atomic mass is 10.2. The summed E-state index contributed by atoms with van der Waals surface area (Å²) in [6.07, 6.45) is 3.92. The number of aromatic carboxylic acids is 1. The SMILES string of the molecule is C/C=C(\C)COc1ccc(C(=O)O)cc1OC/C(C)=C/C. The van der Waals surface area contributed by atoms with Crippen LogP contribution in [0.3, 0.4) is 0 Å². The molecular formula is C17H22O4. The lowest BCUT2D eigenvalue weighted by Gasteiger charge is -2.14. The highest BCUT2D eigenvalue weighted by Crippen LogP contribution is 2.29. The van der Waals surface area contributed by atoms with E-state index in [1.54, 1.807) is 6.07 Å². The van der Waals surface area contributed by atoms with Gasteiger partial charge in [0, 0.05) is 0 Å². The molecule has 0 spiro atoms. The zero-order valence-corrected chi connectivity index (χ0v) is 13.0. The van der Waals surface area contributed by atoms with Gasteiger partial charge in [-0.2, -0.15) is 0 Å². The van der Waals surface area contributed by atoms with Gasteiger partial charge < -0.3 is 14.6 Å². The van der Waals surface area contributed by atoms with Gasteiger partial charge in [0.15, 0.2) is 11.5 Å². The molecule has 0 radical (unpaired) electrons. The molecule has 0 bridgehead atoms. The van der Waals surface area contributed by atoms with Gasteiger partial charge in [0.05, 0.1) is 5.56 Å². The van der Waals surface area contributed by atoms with Crippen LogP contribution in [0, 0.1) is 0 Å². The number of ether oxygens (including phenoxy) is 2. The molecule has 0 aliphatic heterocycles. The fourth-order valence-corrected chi connectivity index (χ4v) is 1.42. The first-order valence-corrected chi connectivity index (χ1v) is 6.84. The van der Waals surface area contributed by atoms with Crippen molar-refractivity contribution in [1.29, 1.82) is 0 Å². The zero-order valence-electron chi connectivity index (χ0n) is 13.0. The Morgan fingerprint density at radius 1 is 1.05 bits per heavy atom. The second-order valence-corrected chi connectivity index (χ2v) is 4.81. The Hall–Kier alpha value is -2.23. The molecule has 0 amide bonds. The number of carboxylic acid groups (broad SMARTS) is 1. The third-order valence-corrected chi connectivity index (χ3v) is 3.09. The monoisotopic (exact) mass is 290 g/mol. The number of benzene rings is 1. The highest BCUT2D eigenvalue weighted by molar-refractivity contribution is 5.88. The van der Waals surface area contributed by atoms with Crippen LogP contribution in [0.15, 0.2) is 41.5 Å². The number of carbonyl (C=O) groups is 1. The van der Waals surface area contributed by atoms with Gasteiger partial charge in [0.1, 0.15) is 13.2 Å². The minimum atomic E-state index is -0.987. The molecule has 0 saturated heterocycles. The summed E-state index contributed by atoms with van der Waals surface area (Å²) in [6, 6.07) is 4.64. The van der Waals surface area contributed by atoms with Gasteiger partial charge in [0.2, 0.25) is 0 Å². The van der Waals surface area contributed by atoms with Crippen LogP contribution in [-0.4, -0.2) is 24.3 Å². The van der Waals surface area contributed by atoms with Gasteiger partial charge in [-0.05, 0) is 57.0 Å². The second kappa shape index (κ2) is 8.15. The van der Waals surface area contributed by atoms with E-state index in [1.807, 2.05) is 39.8 Å². The third-order valence-electron chi connectivity index (χ3n) is 3.09. The van der Waals surface area contributed by atoms with E-state index < -0.39 is 5.97 Å². The smallest absolute Gasteiger partial charge is 0.335 e. The van der Waals surface area contributed by atoms with E-state index in [9.17, 15) is 4.79 Å². The Bertz CT molecular complexity index is 556. The van der Waals surface area contributed by atoms with Gasteiger partial charge in [0.25, 0.3) is 0 Å². The molecule has 114 valence electrons. The number of carboxylic acids is 1. The predicted molar refractivity (Wildman–Crippen MR) is 83.3 cm³/mol. The molecule has 0 fully saturated rings. The molecule has 1 aromatic carbocycles. The summed E-state index contributed by atoms with van der Waals surface area (Å²) in [5.74, 6) is 0.00361. The average Bonchev–Trinajstić information content (AvgIpc) is 2.50. The Balaban J connectivity index is 2.96. The normalized spacial score (nSPS) is 12.2. The van der Waals surface area contributed by atoms with Crippen molar-refractivity contribution in [3.63, 3.8) is 0 Å². The van der Waals surface area contributed by atoms with Crippen molar-refractivity contribution < 1.29 is 19.4 Å². The highest BCUT2D eigenvalue weighted by atomic mass is 16.5. The van der Waals surface area contributed by atoms with Crippen LogP contribution in [0.4, 0.5) is 0 Å². The van der Waals surface area contributed by atoms with Gasteiger partial charge in [-0.1, -0.05) is 12.2 Å². The maximum Gasteiger partial charge on any atom is 0.335 e. The third kappa shape index (κ3) is 5.34. The number of hydrogen-bond acceptors (Lipinski definition) is 3. The van der Waals surface area contributed by atoms with Crippen molar-refractivity contribution in [2.45, 2.75) is 27.7 Å². The van der Waals surface area contributed by atoms with E-state index in [4.69, 9.17) is 14.6 Å². The van der Waals surface area contributed by atoms with Crippen LogP contribution in [-0.2, 0) is 0 Å². The van der Waals surface area contributed by atoms with Gasteiger partial charge in [-0.3, -0.25) is 0 Å². The topological polar surface area (TPSA) is 55.8 Å². The van der Waals surface area contributed by atoms with Gasteiger partial charge in [-0.15, -0.1) is 0 Å². The van der Waals surface area contributed by atoms with Crippen LogP contribution in [0.1, 0.15) is 38.1 Å². The largest absolute Gasteiger partial charge is 0.485 e. The minimum Gasteiger partial charge on any atom is -0.485 e. The van der Waals surface area contributed by atoms with Crippen LogP contribution >= 0.6 is 0 Å². The Morgan fingerprint density at radius 3 is 2.05 bits per heavy atom. The van der Waals surface area contributed by atoms with Crippen molar-refractivity contribution in [3.8, 4) is 11.5 Å². The van der Waals surface area contributed by atoms with Gasteiger partial charge in [-0.25, -0.2) is 4.79 Å². The first-order valence-electron chi connectivity index (χ1n) is 6.84. The molecular weight excluding hydrogens is 268 g/mol. The number of hydrogen-bond donors (Lipinski definition) is 1. The fourth-order valence-electron chi connectivity index (χ4n) is 1.42. The van der Waals surface area contributed by atoms with E-state index in [-0.39, 0.29) is 5.56 Å². The summed E-state index contributed by atoms with van der Waals surface area (Å²) in [4.78, 5) is 11.1. The Morgan fingerprint density at radius 2 is 1.57 bits per heavy atom. The second-order valence-electron chi connectivity index (χ2n) is 4.81. The first-order chi connectivity index (χ1) is 9.97. The molecule has 4 heteroatoms. The van der Waals surface area contributed by atoms with E-state index in [0.717, 1.165) is 11.1 Å². The number of rotatable bonds is 7. The molecule has 1 rings (SSSR count). The minimum absolute atomic E-state index is 0.179. The van der Waals surface area contributed by atoms with Crippen molar-refractivity contribution in [2.24, 2.45) is 0 Å². The van der Waals surface area contributed by atoms with E-state index in [1.165, 1.54) is 12.1 Å². The molecule has 0 unspecified atom stereocenters. The summed E-state index contributed by atoms with van der Waals surface area (Å²) in [7, 11) is 0. The summed E-state index contributed by atoms with van der Waals surface area (Å²) < 4.78 is 11.4. The Labute approximate surface area is 125 Å².